The van der Waals surface area contributed by atoms with E-state index < -0.39 is 0 Å². The second-order valence-electron chi connectivity index (χ2n) is 17.7. The van der Waals surface area contributed by atoms with Crippen molar-refractivity contribution in [3.05, 3.63) is 0 Å². The molecule has 6 fully saturated rings. The highest BCUT2D eigenvalue weighted by Crippen LogP contribution is 2.62. The van der Waals surface area contributed by atoms with Crippen LogP contribution in [0.3, 0.4) is 0 Å². The zero-order valence-electron chi connectivity index (χ0n) is 29.6. The van der Waals surface area contributed by atoms with Crippen LogP contribution in [0.5, 0.6) is 0 Å². The first-order valence-electron chi connectivity index (χ1n) is 18.8. The Morgan fingerprint density at radius 1 is 0.256 bits per heavy atom. The van der Waals surface area contributed by atoms with E-state index in [9.17, 15) is 0 Å². The molecule has 0 bridgehead atoms. The topological polar surface area (TPSA) is 0 Å². The van der Waals surface area contributed by atoms with Crippen LogP contribution < -0.4 is 0 Å². The Labute approximate surface area is 275 Å². The lowest BCUT2D eigenvalue weighted by atomic mass is 9.57. The molecule has 0 N–H and O–H groups in total. The minimum absolute atomic E-state index is 0. The molecular formula is C43H86. The molecule has 0 nitrogen and oxygen atoms in total. The molecular weight excluding hydrogens is 516 g/mol. The highest BCUT2D eigenvalue weighted by molar-refractivity contribution is 5.04. The average Bonchev–Trinajstić information content (AvgIpc) is 3.58. The quantitative estimate of drug-likeness (QED) is 0.259. The van der Waals surface area contributed by atoms with Crippen molar-refractivity contribution in [3.63, 3.8) is 0 Å². The molecule has 18 atom stereocenters. The Kier molecular flexibility index (Phi) is 15.9. The number of fused-ring (bicyclic) bond motifs is 4. The maximum Gasteiger partial charge on any atom is -0.0321 e. The van der Waals surface area contributed by atoms with E-state index in [4.69, 9.17) is 0 Å². The number of hydrogen-bond acceptors (Lipinski definition) is 0. The SMILES string of the molecule is C.C.C.CC1C(C)C(C)C2C3CCCCC3C(C)C2C1C.CC1CCC(C)C1C.CC1CCC2C(C)C(C)C(C)C(C)C12. The van der Waals surface area contributed by atoms with Crippen LogP contribution in [0.2, 0.25) is 0 Å². The molecule has 0 amide bonds. The molecule has 0 spiro atoms. The normalized spacial score (nSPS) is 53.1. The van der Waals surface area contributed by atoms with Crippen molar-refractivity contribution in [2.75, 3.05) is 0 Å². The van der Waals surface area contributed by atoms with E-state index in [0.29, 0.717) is 0 Å². The molecule has 6 aliphatic carbocycles. The Bertz CT molecular complexity index is 773. The summed E-state index contributed by atoms with van der Waals surface area (Å²) in [5, 5.41) is 0. The lowest BCUT2D eigenvalue weighted by molar-refractivity contribution is -0.00213. The van der Waals surface area contributed by atoms with E-state index in [0.717, 1.165) is 112 Å². The van der Waals surface area contributed by atoms with Crippen molar-refractivity contribution < 1.29 is 0 Å². The summed E-state index contributed by atoms with van der Waals surface area (Å²) in [6, 6.07) is 0. The van der Waals surface area contributed by atoms with E-state index in [1.165, 1.54) is 38.5 Å². The molecule has 6 rings (SSSR count). The van der Waals surface area contributed by atoms with Crippen LogP contribution in [0, 0.1) is 112 Å². The molecule has 0 heterocycles. The van der Waals surface area contributed by atoms with Crippen molar-refractivity contribution in [1.82, 2.24) is 0 Å². The molecule has 0 aromatic heterocycles. The predicted octanol–water partition coefficient (Wildman–Crippen LogP) is 14.0. The van der Waals surface area contributed by atoms with Crippen molar-refractivity contribution in [2.45, 2.75) is 164 Å². The molecule has 0 aliphatic heterocycles. The van der Waals surface area contributed by atoms with Gasteiger partial charge in [0.05, 0.1) is 0 Å². The van der Waals surface area contributed by atoms with Crippen molar-refractivity contribution >= 4 is 0 Å². The van der Waals surface area contributed by atoms with Gasteiger partial charge in [-0.3, -0.25) is 0 Å². The zero-order chi connectivity index (χ0) is 29.6. The average molecular weight is 603 g/mol. The maximum atomic E-state index is 2.60. The van der Waals surface area contributed by atoms with E-state index in [-0.39, 0.29) is 22.3 Å². The Morgan fingerprint density at radius 3 is 1.12 bits per heavy atom. The molecule has 6 saturated carbocycles. The highest BCUT2D eigenvalue weighted by atomic mass is 14.6. The summed E-state index contributed by atoms with van der Waals surface area (Å²) in [7, 11) is 0. The first-order valence-corrected chi connectivity index (χ1v) is 18.8. The summed E-state index contributed by atoms with van der Waals surface area (Å²) < 4.78 is 0. The van der Waals surface area contributed by atoms with Crippen LogP contribution in [0.4, 0.5) is 0 Å². The van der Waals surface area contributed by atoms with E-state index >= 15 is 0 Å². The van der Waals surface area contributed by atoms with Gasteiger partial charge in [-0.1, -0.05) is 144 Å². The third-order valence-electron chi connectivity index (χ3n) is 16.5. The van der Waals surface area contributed by atoms with E-state index in [1.807, 2.05) is 0 Å². The summed E-state index contributed by atoms with van der Waals surface area (Å²) in [5.41, 5.74) is 0. The Hall–Kier alpha value is 0. The summed E-state index contributed by atoms with van der Waals surface area (Å²) in [4.78, 5) is 0. The summed E-state index contributed by atoms with van der Waals surface area (Å²) >= 11 is 0. The van der Waals surface area contributed by atoms with Gasteiger partial charge in [-0.05, 0) is 132 Å². The van der Waals surface area contributed by atoms with Gasteiger partial charge in [-0.15, -0.1) is 0 Å². The van der Waals surface area contributed by atoms with Gasteiger partial charge in [0.1, 0.15) is 0 Å². The van der Waals surface area contributed by atoms with Gasteiger partial charge in [-0.25, -0.2) is 0 Å². The molecule has 0 radical (unpaired) electrons. The first kappa shape index (κ1) is 41.0. The number of hydrogen-bond donors (Lipinski definition) is 0. The highest BCUT2D eigenvalue weighted by Gasteiger charge is 2.56. The molecule has 6 aliphatic rings. The molecule has 0 saturated heterocycles. The van der Waals surface area contributed by atoms with Gasteiger partial charge in [-0.2, -0.15) is 0 Å². The van der Waals surface area contributed by atoms with Crippen LogP contribution in [-0.2, 0) is 0 Å². The molecule has 43 heavy (non-hydrogen) atoms. The first-order chi connectivity index (χ1) is 18.8. The minimum Gasteiger partial charge on any atom is -0.0776 e. The second kappa shape index (κ2) is 16.7. The molecule has 0 aromatic carbocycles. The smallest absolute Gasteiger partial charge is 0.0321 e. The Morgan fingerprint density at radius 2 is 0.651 bits per heavy atom. The van der Waals surface area contributed by atoms with Gasteiger partial charge < -0.3 is 0 Å². The molecule has 0 heteroatoms. The monoisotopic (exact) mass is 603 g/mol. The van der Waals surface area contributed by atoms with Crippen molar-refractivity contribution in [1.29, 1.82) is 0 Å². The third kappa shape index (κ3) is 7.77. The zero-order valence-corrected chi connectivity index (χ0v) is 29.6. The fourth-order valence-electron chi connectivity index (χ4n) is 12.6. The summed E-state index contributed by atoms with van der Waals surface area (Å²) in [6.45, 7) is 32.4. The fourth-order valence-corrected chi connectivity index (χ4v) is 12.6. The van der Waals surface area contributed by atoms with Crippen LogP contribution >= 0.6 is 0 Å². The van der Waals surface area contributed by atoms with E-state index in [2.05, 4.69) is 90.0 Å². The van der Waals surface area contributed by atoms with Gasteiger partial charge in [0.25, 0.3) is 0 Å². The summed E-state index contributed by atoms with van der Waals surface area (Å²) in [5.74, 6) is 18.9. The molecule has 258 valence electrons. The van der Waals surface area contributed by atoms with Gasteiger partial charge in [0, 0.05) is 0 Å². The van der Waals surface area contributed by atoms with Crippen LogP contribution in [0.15, 0.2) is 0 Å². The van der Waals surface area contributed by atoms with Crippen molar-refractivity contribution in [2.24, 2.45) is 112 Å². The lowest BCUT2D eigenvalue weighted by Crippen LogP contribution is -2.43. The summed E-state index contributed by atoms with van der Waals surface area (Å²) in [6.07, 6.45) is 12.0. The lowest BCUT2D eigenvalue weighted by Gasteiger charge is -2.48. The van der Waals surface area contributed by atoms with Crippen LogP contribution in [0.25, 0.3) is 0 Å². The van der Waals surface area contributed by atoms with Gasteiger partial charge >= 0.3 is 0 Å². The molecule has 18 unspecified atom stereocenters. The molecule has 0 aromatic rings. The second-order valence-corrected chi connectivity index (χ2v) is 17.7. The fraction of sp³-hybridized carbons (Fsp3) is 1.00. The van der Waals surface area contributed by atoms with Crippen molar-refractivity contribution in [3.8, 4) is 0 Å². The third-order valence-corrected chi connectivity index (χ3v) is 16.5. The van der Waals surface area contributed by atoms with Gasteiger partial charge in [0.15, 0.2) is 0 Å². The standard InChI is InChI=1S/C18H32.C14H26.C8H16.3CH4/c1-10-11(2)13(4)18-16-9-7-6-8-15(16)14(5)17(18)12(10)3;1-8-6-7-13-11(4)9(2)10(3)12(5)14(8)13;1-6-4-5-7(2)8(6)3;;;/h10-18H,6-9H2,1-5H3;8-14H,6-7H2,1-5H3;6-8H,4-5H2,1-3H3;3*1H4. The van der Waals surface area contributed by atoms with Crippen LogP contribution in [-0.4, -0.2) is 0 Å². The Balaban J connectivity index is 0.000000332. The number of rotatable bonds is 0. The largest absolute Gasteiger partial charge is 0.0776 e. The maximum absolute atomic E-state index is 2.60. The predicted molar refractivity (Wildman–Crippen MR) is 197 cm³/mol. The van der Waals surface area contributed by atoms with Gasteiger partial charge in [0.2, 0.25) is 0 Å². The minimum atomic E-state index is 0. The van der Waals surface area contributed by atoms with E-state index in [1.54, 1.807) is 12.8 Å². The van der Waals surface area contributed by atoms with Crippen LogP contribution in [0.1, 0.15) is 164 Å².